The maximum absolute atomic E-state index is 2.58. The lowest BCUT2D eigenvalue weighted by molar-refractivity contribution is 0.569. The van der Waals surface area contributed by atoms with Crippen LogP contribution < -0.4 is 4.90 Å². The van der Waals surface area contributed by atoms with E-state index in [-0.39, 0.29) is 16.2 Å². The molecule has 0 spiro atoms. The van der Waals surface area contributed by atoms with Crippen LogP contribution in [0.4, 0.5) is 17.1 Å². The van der Waals surface area contributed by atoms with E-state index >= 15 is 0 Å². The van der Waals surface area contributed by atoms with Crippen LogP contribution in [-0.2, 0) is 21.7 Å². The molecule has 1 nitrogen and oxygen atoms in total. The topological polar surface area (TPSA) is 3.24 Å². The molecule has 0 aromatic heterocycles. The van der Waals surface area contributed by atoms with E-state index < -0.39 is 5.41 Å². The smallest absolute Gasteiger partial charge is 0.0679 e. The summed E-state index contributed by atoms with van der Waals surface area (Å²) in [5.74, 6) is 0.331. The lowest BCUT2D eigenvalue weighted by Gasteiger charge is -2.40. The molecular weight excluding hydrogens is 927 g/mol. The Bertz CT molecular complexity index is 3970. The Balaban J connectivity index is 1.10. The lowest BCUT2D eigenvalue weighted by Crippen LogP contribution is -2.33. The summed E-state index contributed by atoms with van der Waals surface area (Å²) in [7, 11) is 0. The SMILES string of the molecule is CC1CC=CC=C1C1(c2ccccc2)c2ccccc2-c2ccc(N(c3ccc4c(c3)C(C)(c3ccccc3)c3ccccc3-4)c3ccccc3-c3cccc4cccc(-c5cc(C(C)(C)C)cc(C(C)(C)C)c5)c34)cc21. The number of hydrogen-bond acceptors (Lipinski definition) is 1. The molecule has 1 heteroatoms. The minimum absolute atomic E-state index is 0.0259. The van der Waals surface area contributed by atoms with Crippen molar-refractivity contribution in [1.29, 1.82) is 0 Å². The van der Waals surface area contributed by atoms with Gasteiger partial charge in [-0.3, -0.25) is 0 Å². The highest BCUT2D eigenvalue weighted by molar-refractivity contribution is 6.09. The summed E-state index contributed by atoms with van der Waals surface area (Å²) in [5.41, 5.74) is 24.5. The summed E-state index contributed by atoms with van der Waals surface area (Å²) in [5, 5.41) is 2.48. The molecule has 376 valence electrons. The molecule has 0 heterocycles. The summed E-state index contributed by atoms with van der Waals surface area (Å²) in [6.07, 6.45) is 8.05. The first-order chi connectivity index (χ1) is 37.3. The third-order valence-electron chi connectivity index (χ3n) is 17.6. The number of para-hydroxylation sites is 1. The quantitative estimate of drug-likeness (QED) is 0.147. The molecule has 10 aromatic carbocycles. The van der Waals surface area contributed by atoms with Gasteiger partial charge in [-0.25, -0.2) is 0 Å². The molecule has 77 heavy (non-hydrogen) atoms. The molecule has 0 radical (unpaired) electrons. The zero-order chi connectivity index (χ0) is 52.8. The maximum atomic E-state index is 2.58. The Hall–Kier alpha value is -8.26. The van der Waals surface area contributed by atoms with E-state index in [1.807, 2.05) is 0 Å². The minimum Gasteiger partial charge on any atom is -0.310 e. The average molecular weight is 994 g/mol. The van der Waals surface area contributed by atoms with Gasteiger partial charge in [0, 0.05) is 22.4 Å². The Morgan fingerprint density at radius 3 is 1.57 bits per heavy atom. The van der Waals surface area contributed by atoms with Crippen LogP contribution in [0.15, 0.2) is 248 Å². The van der Waals surface area contributed by atoms with Crippen molar-refractivity contribution in [2.24, 2.45) is 5.92 Å². The lowest BCUT2D eigenvalue weighted by atomic mass is 9.63. The van der Waals surface area contributed by atoms with Crippen molar-refractivity contribution in [3.8, 4) is 44.5 Å². The number of nitrogens with zero attached hydrogens (tertiary/aromatic N) is 1. The van der Waals surface area contributed by atoms with Crippen LogP contribution >= 0.6 is 0 Å². The van der Waals surface area contributed by atoms with Gasteiger partial charge in [0.25, 0.3) is 0 Å². The number of fused-ring (bicyclic) bond motifs is 7. The highest BCUT2D eigenvalue weighted by Crippen LogP contribution is 2.61. The molecule has 3 aliphatic rings. The van der Waals surface area contributed by atoms with Gasteiger partial charge < -0.3 is 4.90 Å². The van der Waals surface area contributed by atoms with Crippen molar-refractivity contribution < 1.29 is 0 Å². The Morgan fingerprint density at radius 1 is 0.429 bits per heavy atom. The second kappa shape index (κ2) is 18.2. The van der Waals surface area contributed by atoms with Gasteiger partial charge in [0.15, 0.2) is 0 Å². The predicted octanol–water partition coefficient (Wildman–Crippen LogP) is 20.4. The van der Waals surface area contributed by atoms with E-state index in [1.54, 1.807) is 0 Å². The first kappa shape index (κ1) is 48.4. The number of allylic oxidation sites excluding steroid dienone is 4. The highest BCUT2D eigenvalue weighted by Gasteiger charge is 2.49. The van der Waals surface area contributed by atoms with Crippen LogP contribution in [0.25, 0.3) is 55.3 Å². The fourth-order valence-electron chi connectivity index (χ4n) is 13.6. The number of benzene rings is 10. The molecule has 0 fully saturated rings. The summed E-state index contributed by atoms with van der Waals surface area (Å²) >= 11 is 0. The van der Waals surface area contributed by atoms with E-state index in [1.165, 1.54) is 105 Å². The number of anilines is 3. The zero-order valence-corrected chi connectivity index (χ0v) is 45.8. The maximum Gasteiger partial charge on any atom is 0.0679 e. The van der Waals surface area contributed by atoms with Crippen molar-refractivity contribution in [2.45, 2.75) is 83.5 Å². The van der Waals surface area contributed by atoms with E-state index in [2.05, 4.69) is 303 Å². The van der Waals surface area contributed by atoms with Gasteiger partial charge in [-0.2, -0.15) is 0 Å². The van der Waals surface area contributed by atoms with Crippen molar-refractivity contribution in [1.82, 2.24) is 0 Å². The Labute approximate surface area is 457 Å². The number of hydrogen-bond donors (Lipinski definition) is 0. The third-order valence-corrected chi connectivity index (χ3v) is 17.6. The van der Waals surface area contributed by atoms with E-state index in [0.29, 0.717) is 5.92 Å². The third kappa shape index (κ3) is 7.64. The molecule has 0 saturated heterocycles. The summed E-state index contributed by atoms with van der Waals surface area (Å²) in [6.45, 7) is 18.9. The van der Waals surface area contributed by atoms with Crippen LogP contribution in [0.1, 0.15) is 106 Å². The van der Waals surface area contributed by atoms with Gasteiger partial charge in [-0.05, 0) is 160 Å². The predicted molar refractivity (Wildman–Crippen MR) is 327 cm³/mol. The second-order valence-corrected chi connectivity index (χ2v) is 24.2. The van der Waals surface area contributed by atoms with Crippen molar-refractivity contribution in [3.63, 3.8) is 0 Å². The summed E-state index contributed by atoms with van der Waals surface area (Å²) in [4.78, 5) is 2.58. The van der Waals surface area contributed by atoms with Gasteiger partial charge in [0.05, 0.1) is 11.1 Å². The molecular formula is C76H67N. The van der Waals surface area contributed by atoms with Crippen molar-refractivity contribution in [2.75, 3.05) is 4.90 Å². The molecule has 3 aliphatic carbocycles. The van der Waals surface area contributed by atoms with Crippen molar-refractivity contribution >= 4 is 27.8 Å². The molecule has 10 aromatic rings. The van der Waals surface area contributed by atoms with Crippen LogP contribution in [0, 0.1) is 5.92 Å². The summed E-state index contributed by atoms with van der Waals surface area (Å²) < 4.78 is 0. The van der Waals surface area contributed by atoms with Crippen molar-refractivity contribution in [3.05, 3.63) is 293 Å². The van der Waals surface area contributed by atoms with Gasteiger partial charge in [-0.15, -0.1) is 0 Å². The van der Waals surface area contributed by atoms with Gasteiger partial charge in [0.1, 0.15) is 0 Å². The van der Waals surface area contributed by atoms with Crippen LogP contribution in [0.2, 0.25) is 0 Å². The largest absolute Gasteiger partial charge is 0.310 e. The molecule has 0 amide bonds. The van der Waals surface area contributed by atoms with Crippen LogP contribution in [0.5, 0.6) is 0 Å². The van der Waals surface area contributed by atoms with Crippen LogP contribution in [-0.4, -0.2) is 0 Å². The van der Waals surface area contributed by atoms with E-state index in [9.17, 15) is 0 Å². The fourth-order valence-corrected chi connectivity index (χ4v) is 13.6. The Kier molecular flexibility index (Phi) is 11.4. The second-order valence-electron chi connectivity index (χ2n) is 24.2. The van der Waals surface area contributed by atoms with Gasteiger partial charge in [-0.1, -0.05) is 261 Å². The zero-order valence-electron chi connectivity index (χ0n) is 45.8. The first-order valence-corrected chi connectivity index (χ1v) is 27.8. The number of rotatable bonds is 8. The average Bonchev–Trinajstić information content (AvgIpc) is 4.12. The minimum atomic E-state index is -0.512. The Morgan fingerprint density at radius 2 is 0.935 bits per heavy atom. The highest BCUT2D eigenvalue weighted by atomic mass is 15.1. The summed E-state index contributed by atoms with van der Waals surface area (Å²) in [6, 6.07) is 85.7. The molecule has 13 rings (SSSR count). The normalized spacial score (nSPS) is 18.3. The molecule has 0 bridgehead atoms. The van der Waals surface area contributed by atoms with Gasteiger partial charge >= 0.3 is 0 Å². The molecule has 3 atom stereocenters. The molecule has 0 aliphatic heterocycles. The van der Waals surface area contributed by atoms with Crippen LogP contribution in [0.3, 0.4) is 0 Å². The van der Waals surface area contributed by atoms with Gasteiger partial charge in [0.2, 0.25) is 0 Å². The molecule has 0 N–H and O–H groups in total. The first-order valence-electron chi connectivity index (χ1n) is 27.8. The monoisotopic (exact) mass is 994 g/mol. The fraction of sp³-hybridized carbons (Fsp3) is 0.184. The standard InChI is InChI=1S/C76H67N/c1-50-25-15-19-37-66(50)76(54-30-13-10-14-31-54)68-39-21-17-33-61(68)63-44-42-58(49-70(63)76)77(57-41-43-62-60-32-16-20-38-67(60)75(8,69(62)48-57)53-28-11-9-12-29-53)71-40-22-18-34-64(71)65-36-24-27-51-26-23-35-59(72(51)65)52-45-55(73(2,3)4)47-56(46-52)74(5,6)7/h9-24,26-50H,25H2,1-8H3. The van der Waals surface area contributed by atoms with E-state index in [4.69, 9.17) is 0 Å². The van der Waals surface area contributed by atoms with E-state index in [0.717, 1.165) is 23.5 Å². The molecule has 0 saturated carbocycles. The molecule has 3 unspecified atom stereocenters.